The van der Waals surface area contributed by atoms with Crippen LogP contribution in [0.25, 0.3) is 20.8 Å². The number of carboxylic acids is 1. The summed E-state index contributed by atoms with van der Waals surface area (Å²) in [5.41, 5.74) is 11.5. The number of hydrogen-bond donors (Lipinski definition) is 4. The van der Waals surface area contributed by atoms with Crippen LogP contribution in [0.5, 0.6) is 0 Å². The number of aromatic carboxylic acids is 1. The SMILES string of the molecule is CC(C)(C)OC(=O)Nc1ccccc1N.[C-]#[N+]CC1c2ccccc2C(=C)CN1S(=O)(=O)c1ccc(C(=O)Cc2ccccc2NC(=O)OC(C)(C)C)cc1.[C-]#[N+]CC1c2ccccc2C(=C)CN1S(=O)(=O)c1ccc(C(=O)O)cc1. The van der Waals surface area contributed by atoms with E-state index in [2.05, 4.69) is 33.5 Å². The van der Waals surface area contributed by atoms with Gasteiger partial charge in [0, 0.05) is 30.8 Å². The van der Waals surface area contributed by atoms with Gasteiger partial charge in [-0.15, -0.1) is 0 Å². The largest absolute Gasteiger partial charge is 0.478 e. The van der Waals surface area contributed by atoms with Gasteiger partial charge in [0.15, 0.2) is 5.78 Å². The summed E-state index contributed by atoms with van der Waals surface area (Å²) in [7, 11) is -7.90. The monoisotopic (exact) mass is 1130 g/mol. The molecule has 81 heavy (non-hydrogen) atoms. The van der Waals surface area contributed by atoms with Crippen LogP contribution in [0.4, 0.5) is 26.7 Å². The van der Waals surface area contributed by atoms with Crippen LogP contribution in [0.2, 0.25) is 0 Å². The molecule has 18 nitrogen and oxygen atoms in total. The van der Waals surface area contributed by atoms with Crippen molar-refractivity contribution in [3.05, 3.63) is 221 Å². The minimum Gasteiger partial charge on any atom is -0.478 e. The van der Waals surface area contributed by atoms with Crippen molar-refractivity contribution in [3.8, 4) is 0 Å². The molecule has 6 aromatic rings. The smallest absolute Gasteiger partial charge is 0.412 e. The predicted octanol–water partition coefficient (Wildman–Crippen LogP) is 11.8. The molecule has 0 aliphatic carbocycles. The number of carboxylic acid groups (broad SMARTS) is 1. The Bertz CT molecular complexity index is 3670. The van der Waals surface area contributed by atoms with E-state index in [1.807, 2.05) is 42.5 Å². The molecule has 20 heteroatoms. The molecular weight excluding hydrogens is 1070 g/mol. The molecule has 0 saturated heterocycles. The number of nitrogens with one attached hydrogen (secondary N) is 2. The van der Waals surface area contributed by atoms with Gasteiger partial charge in [0.2, 0.25) is 33.1 Å². The number of para-hydroxylation sites is 3. The van der Waals surface area contributed by atoms with Crippen LogP contribution < -0.4 is 16.4 Å². The van der Waals surface area contributed by atoms with Crippen molar-refractivity contribution in [1.82, 2.24) is 8.61 Å². The number of Topliss-reactive ketones (excluding diaryl/α,β-unsaturated/α-hetero) is 1. The zero-order valence-corrected chi connectivity index (χ0v) is 47.3. The Kier molecular flexibility index (Phi) is 19.6. The summed E-state index contributed by atoms with van der Waals surface area (Å²) in [5, 5.41) is 14.2. The third kappa shape index (κ3) is 15.7. The summed E-state index contributed by atoms with van der Waals surface area (Å²) in [4.78, 5) is 54.7. The number of anilines is 3. The standard InChI is InChI=1S/C31H31N3O5S.C19H16N2O4S.C11H16N2O2/c1-21-20-34(28(19-32-5)26-12-8-7-11-25(21)26)40(37,38)24-16-14-22(15-17-24)29(35)18-23-10-6-9-13-27(23)33-30(36)39-31(2,3)4;1-13-12-21(18(11-20-2)17-6-4-3-5-16(13)17)26(24,25)15-9-7-14(8-10-15)19(22)23;1-11(2,3)15-10(14)13-9-7-5-4-6-8(9)12/h6-17,28H,1,18-20H2,2-4H3,(H,33,36);3-10,18H,1,11-12H2,(H,22,23);4-7H,12H2,1-3H3,(H,13,14). The first-order valence-electron chi connectivity index (χ1n) is 25.3. The first-order chi connectivity index (χ1) is 38.1. The number of benzene rings is 6. The van der Waals surface area contributed by atoms with E-state index >= 15 is 0 Å². The number of ether oxygens (including phenoxy) is 2. The molecule has 2 aliphatic heterocycles. The number of nitrogens with two attached hydrogens (primary N) is 1. The first kappa shape index (κ1) is 61.3. The van der Waals surface area contributed by atoms with Crippen molar-refractivity contribution in [3.63, 3.8) is 0 Å². The maximum absolute atomic E-state index is 13.7. The molecule has 0 aromatic heterocycles. The van der Waals surface area contributed by atoms with E-state index in [1.165, 1.54) is 57.1 Å². The number of carbonyl (C=O) groups is 4. The minimum absolute atomic E-state index is 0.00324. The van der Waals surface area contributed by atoms with E-state index in [4.69, 9.17) is 33.5 Å². The summed E-state index contributed by atoms with van der Waals surface area (Å²) < 4.78 is 66.7. The van der Waals surface area contributed by atoms with Gasteiger partial charge in [-0.1, -0.05) is 104 Å². The van der Waals surface area contributed by atoms with E-state index in [9.17, 15) is 36.0 Å². The fraction of sp³-hybridized carbons (Fsp3) is 0.246. The van der Waals surface area contributed by atoms with Crippen LogP contribution >= 0.6 is 0 Å². The Hall–Kier alpha value is -8.92. The molecule has 2 atom stereocenters. The van der Waals surface area contributed by atoms with E-state index in [1.54, 1.807) is 96.1 Å². The third-order valence-electron chi connectivity index (χ3n) is 12.4. The van der Waals surface area contributed by atoms with E-state index < -0.39 is 61.5 Å². The number of carbonyl (C=O) groups excluding carboxylic acids is 3. The highest BCUT2D eigenvalue weighted by molar-refractivity contribution is 7.89. The summed E-state index contributed by atoms with van der Waals surface area (Å²) >= 11 is 0. The Morgan fingerprint density at radius 1 is 0.593 bits per heavy atom. The van der Waals surface area contributed by atoms with Crippen molar-refractivity contribution in [2.45, 2.75) is 81.0 Å². The van der Waals surface area contributed by atoms with Crippen LogP contribution in [-0.2, 0) is 35.9 Å². The average Bonchev–Trinajstić information content (AvgIpc) is 3.53. The number of rotatable bonds is 12. The number of sulfonamides is 2. The van der Waals surface area contributed by atoms with Crippen LogP contribution in [0.1, 0.15) is 102 Å². The van der Waals surface area contributed by atoms with Gasteiger partial charge in [-0.25, -0.2) is 44.4 Å². The van der Waals surface area contributed by atoms with Gasteiger partial charge in [-0.3, -0.25) is 15.4 Å². The zero-order chi connectivity index (χ0) is 59.5. The molecule has 5 N–H and O–H groups in total. The van der Waals surface area contributed by atoms with Gasteiger partial charge in [0.1, 0.15) is 23.3 Å². The maximum Gasteiger partial charge on any atom is 0.412 e. The van der Waals surface area contributed by atoms with Crippen LogP contribution in [-0.4, -0.2) is 91.9 Å². The molecule has 0 fully saturated rings. The zero-order valence-electron chi connectivity index (χ0n) is 45.7. The van der Waals surface area contributed by atoms with Gasteiger partial charge in [0.25, 0.3) is 0 Å². The highest BCUT2D eigenvalue weighted by atomic mass is 32.2. The number of nitrogen functional groups attached to an aromatic ring is 1. The summed E-state index contributed by atoms with van der Waals surface area (Å²) in [6, 6.07) is 38.3. The molecule has 6 aromatic carbocycles. The molecular formula is C61H63N7O11S2. The number of fused-ring (bicyclic) bond motifs is 2. The quantitative estimate of drug-likeness (QED) is 0.0508. The Morgan fingerprint density at radius 2 is 0.975 bits per heavy atom. The van der Waals surface area contributed by atoms with Crippen LogP contribution in [0.15, 0.2) is 169 Å². The predicted molar refractivity (Wildman–Crippen MR) is 312 cm³/mol. The van der Waals surface area contributed by atoms with E-state index in [0.717, 1.165) is 22.3 Å². The second kappa shape index (κ2) is 25.9. The second-order valence-corrected chi connectivity index (χ2v) is 24.4. The molecule has 420 valence electrons. The molecule has 2 heterocycles. The second-order valence-electron chi connectivity index (χ2n) is 20.6. The fourth-order valence-corrected chi connectivity index (χ4v) is 11.9. The van der Waals surface area contributed by atoms with Crippen molar-refractivity contribution in [1.29, 1.82) is 0 Å². The van der Waals surface area contributed by atoms with Gasteiger partial charge < -0.3 is 30.0 Å². The average molecular weight is 1130 g/mol. The van der Waals surface area contributed by atoms with Gasteiger partial charge in [0.05, 0.1) is 26.7 Å². The lowest BCUT2D eigenvalue weighted by Crippen LogP contribution is -2.40. The lowest BCUT2D eigenvalue weighted by molar-refractivity contribution is 0.0624. The van der Waals surface area contributed by atoms with Crippen molar-refractivity contribution in [2.24, 2.45) is 0 Å². The van der Waals surface area contributed by atoms with Crippen molar-refractivity contribution < 1.29 is 50.6 Å². The van der Waals surface area contributed by atoms with Gasteiger partial charge in [-0.05, 0) is 135 Å². The highest BCUT2D eigenvalue weighted by Crippen LogP contribution is 2.40. The summed E-state index contributed by atoms with van der Waals surface area (Å²) in [6.45, 7) is 33.5. The molecule has 2 aliphatic rings. The first-order valence-corrected chi connectivity index (χ1v) is 28.2. The Labute approximate surface area is 473 Å². The summed E-state index contributed by atoms with van der Waals surface area (Å²) in [6.07, 6.45) is -1.13. The molecule has 0 bridgehead atoms. The maximum atomic E-state index is 13.7. The topological polar surface area (TPSA) is 241 Å². The molecule has 2 amide bonds. The van der Waals surface area contributed by atoms with Crippen molar-refractivity contribution in [2.75, 3.05) is 42.5 Å². The highest BCUT2D eigenvalue weighted by Gasteiger charge is 2.41. The normalized spacial score (nSPS) is 15.3. The molecule has 0 spiro atoms. The lowest BCUT2D eigenvalue weighted by Gasteiger charge is -2.34. The molecule has 2 unspecified atom stereocenters. The van der Waals surface area contributed by atoms with E-state index in [-0.39, 0.29) is 53.7 Å². The van der Waals surface area contributed by atoms with Gasteiger partial charge in [-0.2, -0.15) is 8.61 Å². The Balaban J connectivity index is 0.000000219. The van der Waals surface area contributed by atoms with Crippen LogP contribution in [0, 0.1) is 13.1 Å². The number of hydrogen-bond acceptors (Lipinski definition) is 11. The van der Waals surface area contributed by atoms with Crippen LogP contribution in [0.3, 0.4) is 0 Å². The fourth-order valence-electron chi connectivity index (χ4n) is 8.72. The van der Waals surface area contributed by atoms with Crippen molar-refractivity contribution >= 4 is 72.2 Å². The minimum atomic E-state index is -3.99. The third-order valence-corrected chi connectivity index (χ3v) is 16.1. The summed E-state index contributed by atoms with van der Waals surface area (Å²) in [5.74, 6) is -1.37. The number of nitrogens with zero attached hydrogens (tertiary/aromatic N) is 4. The van der Waals surface area contributed by atoms with E-state index in [0.29, 0.717) is 39.3 Å². The molecule has 0 saturated carbocycles. The molecule has 0 radical (unpaired) electrons. The molecule has 8 rings (SSSR count). The Morgan fingerprint density at radius 3 is 1.40 bits per heavy atom. The van der Waals surface area contributed by atoms with Gasteiger partial charge >= 0.3 is 18.2 Å². The number of amides is 2. The lowest BCUT2D eigenvalue weighted by atomic mass is 9.91. The number of ketones is 1.